The number of nitrogens with zero attached hydrogens (tertiary/aromatic N) is 5. The number of rotatable bonds is 4. The van der Waals surface area contributed by atoms with Crippen molar-refractivity contribution >= 4 is 27.4 Å². The van der Waals surface area contributed by atoms with Crippen LogP contribution in [0.4, 0.5) is 10.2 Å². The molecule has 158 valence electrons. The average Bonchev–Trinajstić information content (AvgIpc) is 3.17. The van der Waals surface area contributed by atoms with E-state index in [4.69, 9.17) is 14.7 Å². The maximum atomic E-state index is 13.8. The number of aromatic nitrogens is 2. The number of hydrogen-bond acceptors (Lipinski definition) is 7. The summed E-state index contributed by atoms with van der Waals surface area (Å²) in [7, 11) is 2.18. The van der Waals surface area contributed by atoms with Crippen LogP contribution >= 0.6 is 11.3 Å². The molecule has 5 rings (SSSR count). The molecule has 6 nitrogen and oxygen atoms in total. The van der Waals surface area contributed by atoms with Crippen LogP contribution in [0.25, 0.3) is 21.6 Å². The van der Waals surface area contributed by atoms with Gasteiger partial charge in [-0.05, 0) is 25.2 Å². The van der Waals surface area contributed by atoms with Crippen LogP contribution in [-0.4, -0.2) is 79.3 Å². The van der Waals surface area contributed by atoms with Gasteiger partial charge in [0.05, 0.1) is 23.4 Å². The molecule has 1 aromatic carbocycles. The van der Waals surface area contributed by atoms with Crippen molar-refractivity contribution in [3.8, 4) is 11.4 Å². The Kier molecular flexibility index (Phi) is 5.64. The number of benzene rings is 1. The van der Waals surface area contributed by atoms with Crippen molar-refractivity contribution in [3.05, 3.63) is 41.0 Å². The average molecular weight is 428 g/mol. The maximum absolute atomic E-state index is 13.8. The van der Waals surface area contributed by atoms with Gasteiger partial charge in [0.1, 0.15) is 5.82 Å². The first-order valence-electron chi connectivity index (χ1n) is 10.5. The van der Waals surface area contributed by atoms with Crippen LogP contribution < -0.4 is 4.90 Å². The number of ether oxygens (including phenoxy) is 1. The van der Waals surface area contributed by atoms with Crippen molar-refractivity contribution in [2.75, 3.05) is 64.4 Å². The molecule has 0 radical (unpaired) electrons. The summed E-state index contributed by atoms with van der Waals surface area (Å²) in [6, 6.07) is 8.71. The third-order valence-electron chi connectivity index (χ3n) is 5.77. The largest absolute Gasteiger partial charge is 0.378 e. The molecule has 0 spiro atoms. The highest BCUT2D eigenvalue weighted by molar-refractivity contribution is 7.19. The predicted molar refractivity (Wildman–Crippen MR) is 119 cm³/mol. The molecule has 0 aliphatic carbocycles. The zero-order valence-corrected chi connectivity index (χ0v) is 18.0. The Hall–Kier alpha value is -2.13. The van der Waals surface area contributed by atoms with Crippen molar-refractivity contribution in [2.24, 2.45) is 0 Å². The summed E-state index contributed by atoms with van der Waals surface area (Å²) in [5.74, 6) is 1.25. The molecule has 3 aromatic rings. The number of halogens is 1. The highest BCUT2D eigenvalue weighted by atomic mass is 32.1. The fourth-order valence-corrected chi connectivity index (χ4v) is 5.17. The molecule has 2 aromatic heterocycles. The Morgan fingerprint density at radius 2 is 1.83 bits per heavy atom. The van der Waals surface area contributed by atoms with E-state index >= 15 is 0 Å². The second-order valence-corrected chi connectivity index (χ2v) is 9.12. The second kappa shape index (κ2) is 8.55. The quantitative estimate of drug-likeness (QED) is 0.638. The number of hydrogen-bond donors (Lipinski definition) is 0. The number of thiophene rings is 1. The molecule has 0 atom stereocenters. The van der Waals surface area contributed by atoms with E-state index in [-0.39, 0.29) is 5.82 Å². The number of piperazine rings is 1. The van der Waals surface area contributed by atoms with Gasteiger partial charge in [0.15, 0.2) is 11.6 Å². The van der Waals surface area contributed by atoms with Crippen LogP contribution in [0.15, 0.2) is 30.3 Å². The van der Waals surface area contributed by atoms with Gasteiger partial charge in [-0.15, -0.1) is 11.3 Å². The highest BCUT2D eigenvalue weighted by Gasteiger charge is 2.21. The summed E-state index contributed by atoms with van der Waals surface area (Å²) in [6.07, 6.45) is 0. The minimum atomic E-state index is -0.273. The third-order valence-corrected chi connectivity index (χ3v) is 6.88. The molecular weight excluding hydrogens is 401 g/mol. The Morgan fingerprint density at radius 1 is 1.03 bits per heavy atom. The summed E-state index contributed by atoms with van der Waals surface area (Å²) >= 11 is 1.78. The van der Waals surface area contributed by atoms with Crippen molar-refractivity contribution in [1.82, 2.24) is 19.8 Å². The lowest BCUT2D eigenvalue weighted by atomic mass is 10.2. The maximum Gasteiger partial charge on any atom is 0.162 e. The molecule has 0 saturated carbocycles. The first-order valence-corrected chi connectivity index (χ1v) is 11.3. The standard InChI is InChI=1S/C22H26FN5OS/c1-26-5-7-27(8-6-26)15-18-14-19-20(30-18)22(28-9-11-29-12-10-28)25-21(24-19)16-3-2-4-17(23)13-16/h2-4,13-14H,5-12,15H2,1H3. The third kappa shape index (κ3) is 4.18. The smallest absolute Gasteiger partial charge is 0.162 e. The van der Waals surface area contributed by atoms with E-state index in [2.05, 4.69) is 27.8 Å². The van der Waals surface area contributed by atoms with Gasteiger partial charge in [-0.25, -0.2) is 14.4 Å². The predicted octanol–water partition coefficient (Wildman–Crippen LogP) is 3.08. The Labute approximate surface area is 179 Å². The van der Waals surface area contributed by atoms with E-state index < -0.39 is 0 Å². The summed E-state index contributed by atoms with van der Waals surface area (Å²) in [5.41, 5.74) is 1.65. The number of likely N-dealkylation sites (N-methyl/N-ethyl adjacent to an activating group) is 1. The highest BCUT2D eigenvalue weighted by Crippen LogP contribution is 2.35. The Balaban J connectivity index is 1.52. The van der Waals surface area contributed by atoms with Crippen LogP contribution in [0.1, 0.15) is 4.88 Å². The molecule has 0 bridgehead atoms. The van der Waals surface area contributed by atoms with Crippen LogP contribution in [0.3, 0.4) is 0 Å². The van der Waals surface area contributed by atoms with E-state index in [1.807, 2.05) is 6.07 Å². The van der Waals surface area contributed by atoms with Crippen LogP contribution in [0.2, 0.25) is 0 Å². The number of anilines is 1. The van der Waals surface area contributed by atoms with E-state index in [9.17, 15) is 4.39 Å². The molecule has 4 heterocycles. The van der Waals surface area contributed by atoms with Crippen molar-refractivity contribution in [1.29, 1.82) is 0 Å². The lowest BCUT2D eigenvalue weighted by Crippen LogP contribution is -2.43. The molecule has 2 saturated heterocycles. The summed E-state index contributed by atoms with van der Waals surface area (Å²) in [5, 5.41) is 0. The minimum Gasteiger partial charge on any atom is -0.378 e. The molecule has 30 heavy (non-hydrogen) atoms. The van der Waals surface area contributed by atoms with Crippen LogP contribution in [-0.2, 0) is 11.3 Å². The SMILES string of the molecule is CN1CCN(Cc2cc3nc(-c4cccc(F)c4)nc(N4CCOCC4)c3s2)CC1. The molecule has 8 heteroatoms. The number of fused-ring (bicyclic) bond motifs is 1. The first-order chi connectivity index (χ1) is 14.7. The van der Waals surface area contributed by atoms with E-state index in [0.29, 0.717) is 24.6 Å². The van der Waals surface area contributed by atoms with Gasteiger partial charge in [-0.2, -0.15) is 0 Å². The van der Waals surface area contributed by atoms with Gasteiger partial charge in [-0.3, -0.25) is 4.90 Å². The topological polar surface area (TPSA) is 44.7 Å². The zero-order chi connectivity index (χ0) is 20.5. The molecule has 0 unspecified atom stereocenters. The van der Waals surface area contributed by atoms with Crippen molar-refractivity contribution in [3.63, 3.8) is 0 Å². The van der Waals surface area contributed by atoms with Crippen molar-refractivity contribution in [2.45, 2.75) is 6.54 Å². The van der Waals surface area contributed by atoms with Gasteiger partial charge < -0.3 is 14.5 Å². The Bertz CT molecular complexity index is 1030. The van der Waals surface area contributed by atoms with E-state index in [1.165, 1.54) is 17.0 Å². The van der Waals surface area contributed by atoms with E-state index in [0.717, 1.165) is 61.8 Å². The van der Waals surface area contributed by atoms with Gasteiger partial charge in [0.25, 0.3) is 0 Å². The summed E-state index contributed by atoms with van der Waals surface area (Å²) < 4.78 is 20.5. The van der Waals surface area contributed by atoms with Gasteiger partial charge in [-0.1, -0.05) is 12.1 Å². The monoisotopic (exact) mass is 427 g/mol. The number of morpholine rings is 1. The zero-order valence-electron chi connectivity index (χ0n) is 17.2. The molecule has 2 aliphatic rings. The van der Waals surface area contributed by atoms with Crippen LogP contribution in [0.5, 0.6) is 0 Å². The minimum absolute atomic E-state index is 0.273. The lowest BCUT2D eigenvalue weighted by Gasteiger charge is -2.31. The first kappa shape index (κ1) is 19.8. The molecule has 2 fully saturated rings. The summed E-state index contributed by atoms with van der Waals surface area (Å²) in [4.78, 5) is 18.1. The summed E-state index contributed by atoms with van der Waals surface area (Å²) in [6.45, 7) is 8.32. The molecular formula is C22H26FN5OS. The van der Waals surface area contributed by atoms with Crippen LogP contribution in [0, 0.1) is 5.82 Å². The lowest BCUT2D eigenvalue weighted by molar-refractivity contribution is 0.122. The second-order valence-electron chi connectivity index (χ2n) is 7.99. The molecule has 0 amide bonds. The fourth-order valence-electron chi connectivity index (χ4n) is 4.01. The van der Waals surface area contributed by atoms with Gasteiger partial charge in [0.2, 0.25) is 0 Å². The van der Waals surface area contributed by atoms with Gasteiger partial charge in [0, 0.05) is 56.3 Å². The molecule has 2 aliphatic heterocycles. The molecule has 0 N–H and O–H groups in total. The van der Waals surface area contributed by atoms with E-state index in [1.54, 1.807) is 17.4 Å². The van der Waals surface area contributed by atoms with Crippen molar-refractivity contribution < 1.29 is 9.13 Å². The van der Waals surface area contributed by atoms with Gasteiger partial charge >= 0.3 is 0 Å². The fraction of sp³-hybridized carbons (Fsp3) is 0.455. The normalized spacial score (nSPS) is 18.9. The Morgan fingerprint density at radius 3 is 2.60 bits per heavy atom.